The SMILES string of the molecule is Cc1cc(C)c(-c2csc(NC(=O)c3sccc3C)n2)cc1C. The Labute approximate surface area is 144 Å². The minimum Gasteiger partial charge on any atom is -0.297 e. The number of rotatable bonds is 3. The second kappa shape index (κ2) is 6.26. The topological polar surface area (TPSA) is 42.0 Å². The van der Waals surface area contributed by atoms with Crippen molar-refractivity contribution in [3.63, 3.8) is 0 Å². The first-order valence-corrected chi connectivity index (χ1v) is 9.11. The highest BCUT2D eigenvalue weighted by Crippen LogP contribution is 2.30. The number of anilines is 1. The van der Waals surface area contributed by atoms with Crippen molar-refractivity contribution in [3.8, 4) is 11.3 Å². The van der Waals surface area contributed by atoms with Crippen LogP contribution in [0.5, 0.6) is 0 Å². The Morgan fingerprint density at radius 2 is 1.74 bits per heavy atom. The fourth-order valence-corrected chi connectivity index (χ4v) is 3.98. The van der Waals surface area contributed by atoms with Crippen molar-refractivity contribution < 1.29 is 4.79 Å². The Bertz CT molecular complexity index is 877. The van der Waals surface area contributed by atoms with Crippen molar-refractivity contribution in [2.24, 2.45) is 0 Å². The van der Waals surface area contributed by atoms with E-state index in [1.807, 2.05) is 23.8 Å². The molecule has 3 aromatic rings. The molecule has 3 rings (SSSR count). The molecule has 3 nitrogen and oxygen atoms in total. The van der Waals surface area contributed by atoms with Crippen molar-refractivity contribution in [3.05, 3.63) is 56.1 Å². The zero-order chi connectivity index (χ0) is 16.6. The summed E-state index contributed by atoms with van der Waals surface area (Å²) >= 11 is 2.91. The molecular weight excluding hydrogens is 324 g/mol. The molecule has 0 saturated heterocycles. The third kappa shape index (κ3) is 3.21. The van der Waals surface area contributed by atoms with Crippen molar-refractivity contribution in [2.45, 2.75) is 27.7 Å². The van der Waals surface area contributed by atoms with E-state index in [0.717, 1.165) is 21.7 Å². The third-order valence-corrected chi connectivity index (χ3v) is 5.68. The van der Waals surface area contributed by atoms with E-state index in [2.05, 4.69) is 43.2 Å². The number of thiazole rings is 1. The van der Waals surface area contributed by atoms with E-state index < -0.39 is 0 Å². The number of thiophene rings is 1. The van der Waals surface area contributed by atoms with Crippen LogP contribution in [-0.4, -0.2) is 10.9 Å². The van der Waals surface area contributed by atoms with Crippen LogP contribution >= 0.6 is 22.7 Å². The van der Waals surface area contributed by atoms with Gasteiger partial charge in [0.15, 0.2) is 5.13 Å². The molecule has 5 heteroatoms. The Morgan fingerprint density at radius 3 is 2.43 bits per heavy atom. The van der Waals surface area contributed by atoms with E-state index in [9.17, 15) is 4.79 Å². The minimum absolute atomic E-state index is 0.0878. The van der Waals surface area contributed by atoms with Gasteiger partial charge in [-0.3, -0.25) is 10.1 Å². The van der Waals surface area contributed by atoms with Gasteiger partial charge in [0.2, 0.25) is 0 Å². The maximum atomic E-state index is 12.3. The summed E-state index contributed by atoms with van der Waals surface area (Å²) < 4.78 is 0. The van der Waals surface area contributed by atoms with Crippen LogP contribution in [0.2, 0.25) is 0 Å². The predicted octanol–water partition coefficient (Wildman–Crippen LogP) is 5.36. The number of amides is 1. The summed E-state index contributed by atoms with van der Waals surface area (Å²) in [5.74, 6) is -0.0878. The minimum atomic E-state index is -0.0878. The van der Waals surface area contributed by atoms with Crippen molar-refractivity contribution in [2.75, 3.05) is 5.32 Å². The van der Waals surface area contributed by atoms with E-state index in [4.69, 9.17) is 0 Å². The highest BCUT2D eigenvalue weighted by atomic mass is 32.1. The number of aromatic nitrogens is 1. The van der Waals surface area contributed by atoms with Crippen molar-refractivity contribution >= 4 is 33.7 Å². The Kier molecular flexibility index (Phi) is 4.33. The summed E-state index contributed by atoms with van der Waals surface area (Å²) in [7, 11) is 0. The van der Waals surface area contributed by atoms with Crippen LogP contribution in [0.3, 0.4) is 0 Å². The van der Waals surface area contributed by atoms with Gasteiger partial charge in [-0.25, -0.2) is 4.98 Å². The Hall–Kier alpha value is -1.98. The smallest absolute Gasteiger partial charge is 0.267 e. The lowest BCUT2D eigenvalue weighted by Gasteiger charge is -2.07. The van der Waals surface area contributed by atoms with Gasteiger partial charge in [-0.1, -0.05) is 6.07 Å². The van der Waals surface area contributed by atoms with Crippen molar-refractivity contribution in [1.82, 2.24) is 4.98 Å². The summed E-state index contributed by atoms with van der Waals surface area (Å²) in [6, 6.07) is 6.29. The number of nitrogens with zero attached hydrogens (tertiary/aromatic N) is 1. The fourth-order valence-electron chi connectivity index (χ4n) is 2.45. The number of aryl methyl sites for hydroxylation is 4. The summed E-state index contributed by atoms with van der Waals surface area (Å²) in [5, 5.41) is 7.45. The van der Waals surface area contributed by atoms with Crippen LogP contribution in [0.15, 0.2) is 29.0 Å². The Morgan fingerprint density at radius 1 is 1.00 bits per heavy atom. The van der Waals surface area contributed by atoms with E-state index >= 15 is 0 Å². The number of hydrogen-bond donors (Lipinski definition) is 1. The molecule has 2 aromatic heterocycles. The van der Waals surface area contributed by atoms with Gasteiger partial charge in [0, 0.05) is 10.9 Å². The quantitative estimate of drug-likeness (QED) is 0.696. The highest BCUT2D eigenvalue weighted by molar-refractivity contribution is 7.14. The van der Waals surface area contributed by atoms with Crippen molar-refractivity contribution in [1.29, 1.82) is 0 Å². The van der Waals surface area contributed by atoms with Gasteiger partial charge in [0.25, 0.3) is 5.91 Å². The van der Waals surface area contributed by atoms with Crippen LogP contribution in [-0.2, 0) is 0 Å². The molecule has 1 N–H and O–H groups in total. The molecule has 0 radical (unpaired) electrons. The number of carbonyl (C=O) groups excluding carboxylic acids is 1. The molecular formula is C18H18N2OS2. The maximum Gasteiger partial charge on any atom is 0.267 e. The molecule has 0 aliphatic carbocycles. The number of benzene rings is 1. The van der Waals surface area contributed by atoms with E-state index in [-0.39, 0.29) is 5.91 Å². The van der Waals surface area contributed by atoms with E-state index in [1.54, 1.807) is 0 Å². The summed E-state index contributed by atoms with van der Waals surface area (Å²) in [6.45, 7) is 8.25. The monoisotopic (exact) mass is 342 g/mol. The normalized spacial score (nSPS) is 10.8. The van der Waals surface area contributed by atoms with Crippen LogP contribution in [0, 0.1) is 27.7 Å². The highest BCUT2D eigenvalue weighted by Gasteiger charge is 2.14. The molecule has 23 heavy (non-hydrogen) atoms. The molecule has 0 atom stereocenters. The molecule has 0 aliphatic heterocycles. The van der Waals surface area contributed by atoms with Gasteiger partial charge in [-0.2, -0.15) is 0 Å². The van der Waals surface area contributed by atoms with Gasteiger partial charge < -0.3 is 0 Å². The van der Waals surface area contributed by atoms with Gasteiger partial charge >= 0.3 is 0 Å². The second-order valence-electron chi connectivity index (χ2n) is 5.68. The molecule has 1 aromatic carbocycles. The van der Waals surface area contributed by atoms with Gasteiger partial charge in [-0.15, -0.1) is 22.7 Å². The van der Waals surface area contributed by atoms with Crippen LogP contribution in [0.25, 0.3) is 11.3 Å². The summed E-state index contributed by atoms with van der Waals surface area (Å²) in [4.78, 5) is 17.6. The van der Waals surface area contributed by atoms with Crippen LogP contribution < -0.4 is 5.32 Å². The first-order chi connectivity index (χ1) is 11.0. The molecule has 0 spiro atoms. The standard InChI is InChI=1S/C18H18N2OS2/c1-10-5-6-22-16(10)17(21)20-18-19-15(9-23-18)14-8-12(3)11(2)7-13(14)4/h5-9H,1-4H3,(H,19,20,21). The average Bonchev–Trinajstić information content (AvgIpc) is 3.12. The first-order valence-electron chi connectivity index (χ1n) is 7.35. The average molecular weight is 342 g/mol. The lowest BCUT2D eigenvalue weighted by Crippen LogP contribution is -2.11. The van der Waals surface area contributed by atoms with E-state index in [1.165, 1.54) is 39.4 Å². The largest absolute Gasteiger partial charge is 0.297 e. The number of carbonyl (C=O) groups is 1. The van der Waals surface area contributed by atoms with E-state index in [0.29, 0.717) is 5.13 Å². The molecule has 0 aliphatic rings. The number of nitrogens with one attached hydrogen (secondary N) is 1. The number of hydrogen-bond acceptors (Lipinski definition) is 4. The Balaban J connectivity index is 1.85. The summed E-state index contributed by atoms with van der Waals surface area (Å²) in [5.41, 5.74) is 6.76. The molecule has 0 bridgehead atoms. The maximum absolute atomic E-state index is 12.3. The molecule has 2 heterocycles. The van der Waals surface area contributed by atoms with Crippen LogP contribution in [0.1, 0.15) is 31.9 Å². The molecule has 1 amide bonds. The zero-order valence-corrected chi connectivity index (χ0v) is 15.2. The lowest BCUT2D eigenvalue weighted by atomic mass is 9.99. The third-order valence-electron chi connectivity index (χ3n) is 3.91. The first kappa shape index (κ1) is 15.9. The molecule has 118 valence electrons. The predicted molar refractivity (Wildman–Crippen MR) is 98.8 cm³/mol. The summed E-state index contributed by atoms with van der Waals surface area (Å²) in [6.07, 6.45) is 0. The second-order valence-corrected chi connectivity index (χ2v) is 7.45. The van der Waals surface area contributed by atoms with Gasteiger partial charge in [0.05, 0.1) is 10.6 Å². The van der Waals surface area contributed by atoms with Gasteiger partial charge in [-0.05, 0) is 67.5 Å². The lowest BCUT2D eigenvalue weighted by molar-refractivity contribution is 0.103. The van der Waals surface area contributed by atoms with Crippen LogP contribution in [0.4, 0.5) is 5.13 Å². The molecule has 0 unspecified atom stereocenters. The fraction of sp³-hybridized carbons (Fsp3) is 0.222. The molecule has 0 fully saturated rings. The van der Waals surface area contributed by atoms with Gasteiger partial charge in [0.1, 0.15) is 0 Å². The molecule has 0 saturated carbocycles. The zero-order valence-electron chi connectivity index (χ0n) is 13.6.